The van der Waals surface area contributed by atoms with Gasteiger partial charge in [-0.3, -0.25) is 0 Å². The second-order valence-corrected chi connectivity index (χ2v) is 4.88. The third-order valence-electron chi connectivity index (χ3n) is 3.42. The molecule has 3 rings (SSSR count). The van der Waals surface area contributed by atoms with Crippen LogP contribution in [0.5, 0.6) is 5.75 Å². The molecule has 2 aromatic rings. The maximum Gasteiger partial charge on any atom is 0.142 e. The van der Waals surface area contributed by atoms with Gasteiger partial charge in [-0.25, -0.2) is 0 Å². The maximum absolute atomic E-state index is 6.15. The minimum Gasteiger partial charge on any atom is -0.491 e. The lowest BCUT2D eigenvalue weighted by Crippen LogP contribution is -2.19. The standard InChI is InChI=1S/C16H18N2O/c1-12-7-8-13(17)15(11-12)18-9-4-10-19-16-6-3-2-5-14(16)18/h2-3,5-8,11H,4,9-10,17H2,1H3. The molecule has 3 nitrogen and oxygen atoms in total. The number of benzene rings is 2. The van der Waals surface area contributed by atoms with E-state index in [0.29, 0.717) is 0 Å². The molecule has 0 fully saturated rings. The van der Waals surface area contributed by atoms with Crippen molar-refractivity contribution in [3.63, 3.8) is 0 Å². The van der Waals surface area contributed by atoms with E-state index in [9.17, 15) is 0 Å². The highest BCUT2D eigenvalue weighted by Gasteiger charge is 2.19. The van der Waals surface area contributed by atoms with Crippen molar-refractivity contribution in [1.82, 2.24) is 0 Å². The molecule has 0 saturated heterocycles. The molecule has 0 spiro atoms. The number of nitrogens with zero attached hydrogens (tertiary/aromatic N) is 1. The molecule has 0 atom stereocenters. The number of hydrogen-bond acceptors (Lipinski definition) is 3. The van der Waals surface area contributed by atoms with Crippen LogP contribution in [-0.2, 0) is 0 Å². The van der Waals surface area contributed by atoms with Crippen molar-refractivity contribution in [2.45, 2.75) is 13.3 Å². The molecule has 98 valence electrons. The average molecular weight is 254 g/mol. The minimum atomic E-state index is 0.749. The van der Waals surface area contributed by atoms with E-state index in [0.717, 1.165) is 42.4 Å². The number of rotatable bonds is 1. The van der Waals surface area contributed by atoms with Gasteiger partial charge >= 0.3 is 0 Å². The van der Waals surface area contributed by atoms with Crippen LogP contribution in [0.25, 0.3) is 0 Å². The molecular weight excluding hydrogens is 236 g/mol. The highest BCUT2D eigenvalue weighted by Crippen LogP contribution is 2.38. The number of hydrogen-bond donors (Lipinski definition) is 1. The monoisotopic (exact) mass is 254 g/mol. The van der Waals surface area contributed by atoms with Crippen molar-refractivity contribution in [3.8, 4) is 5.75 Å². The Labute approximate surface area is 113 Å². The number of ether oxygens (including phenoxy) is 1. The summed E-state index contributed by atoms with van der Waals surface area (Å²) in [6, 6.07) is 14.3. The normalized spacial score (nSPS) is 14.5. The zero-order chi connectivity index (χ0) is 13.2. The summed E-state index contributed by atoms with van der Waals surface area (Å²) in [7, 11) is 0. The van der Waals surface area contributed by atoms with Crippen LogP contribution >= 0.6 is 0 Å². The van der Waals surface area contributed by atoms with Crippen molar-refractivity contribution >= 4 is 17.1 Å². The van der Waals surface area contributed by atoms with E-state index in [4.69, 9.17) is 10.5 Å². The summed E-state index contributed by atoms with van der Waals surface area (Å²) in [5.41, 5.74) is 10.3. The Morgan fingerprint density at radius 3 is 2.84 bits per heavy atom. The van der Waals surface area contributed by atoms with Crippen molar-refractivity contribution < 1.29 is 4.74 Å². The molecule has 1 heterocycles. The van der Waals surface area contributed by atoms with Crippen LogP contribution in [0.4, 0.5) is 17.1 Å². The second kappa shape index (κ2) is 4.84. The fraction of sp³-hybridized carbons (Fsp3) is 0.250. The summed E-state index contributed by atoms with van der Waals surface area (Å²) in [6.07, 6.45) is 0.988. The van der Waals surface area contributed by atoms with Gasteiger partial charge < -0.3 is 15.4 Å². The van der Waals surface area contributed by atoms with Gasteiger partial charge in [0, 0.05) is 6.54 Å². The van der Waals surface area contributed by atoms with Crippen LogP contribution in [0, 0.1) is 6.92 Å². The lowest BCUT2D eigenvalue weighted by Gasteiger charge is -2.25. The Morgan fingerprint density at radius 1 is 1.11 bits per heavy atom. The van der Waals surface area contributed by atoms with Gasteiger partial charge in [0.1, 0.15) is 5.75 Å². The molecule has 1 aliphatic rings. The van der Waals surface area contributed by atoms with Gasteiger partial charge in [0.05, 0.1) is 23.7 Å². The van der Waals surface area contributed by atoms with E-state index in [1.807, 2.05) is 30.3 Å². The lowest BCUT2D eigenvalue weighted by atomic mass is 10.1. The predicted molar refractivity (Wildman–Crippen MR) is 79.2 cm³/mol. The highest BCUT2D eigenvalue weighted by molar-refractivity contribution is 5.78. The zero-order valence-electron chi connectivity index (χ0n) is 11.1. The molecule has 2 N–H and O–H groups in total. The molecule has 0 saturated carbocycles. The van der Waals surface area contributed by atoms with Gasteiger partial charge in [-0.1, -0.05) is 18.2 Å². The van der Waals surface area contributed by atoms with E-state index >= 15 is 0 Å². The van der Waals surface area contributed by atoms with Crippen molar-refractivity contribution in [2.75, 3.05) is 23.8 Å². The average Bonchev–Trinajstić information content (AvgIpc) is 2.64. The molecular formula is C16H18N2O. The first-order valence-corrected chi connectivity index (χ1v) is 6.61. The Bertz CT molecular complexity index is 595. The molecule has 2 aromatic carbocycles. The largest absolute Gasteiger partial charge is 0.491 e. The van der Waals surface area contributed by atoms with Gasteiger partial charge in [-0.05, 0) is 43.2 Å². The molecule has 3 heteroatoms. The maximum atomic E-state index is 6.15. The van der Waals surface area contributed by atoms with Crippen LogP contribution in [-0.4, -0.2) is 13.2 Å². The van der Waals surface area contributed by atoms with Gasteiger partial charge in [0.25, 0.3) is 0 Å². The number of nitrogens with two attached hydrogens (primary N) is 1. The van der Waals surface area contributed by atoms with Crippen molar-refractivity contribution in [1.29, 1.82) is 0 Å². The topological polar surface area (TPSA) is 38.5 Å². The molecule has 0 unspecified atom stereocenters. The fourth-order valence-corrected chi connectivity index (χ4v) is 2.47. The number of fused-ring (bicyclic) bond motifs is 1. The third-order valence-corrected chi connectivity index (χ3v) is 3.42. The Morgan fingerprint density at radius 2 is 1.95 bits per heavy atom. The van der Waals surface area contributed by atoms with Gasteiger partial charge in [-0.2, -0.15) is 0 Å². The van der Waals surface area contributed by atoms with Crippen molar-refractivity contribution in [3.05, 3.63) is 48.0 Å². The van der Waals surface area contributed by atoms with Gasteiger partial charge in [0.2, 0.25) is 0 Å². The summed E-state index contributed by atoms with van der Waals surface area (Å²) >= 11 is 0. The van der Waals surface area contributed by atoms with Crippen LogP contribution in [0.15, 0.2) is 42.5 Å². The Kier molecular flexibility index (Phi) is 3.03. The molecule has 19 heavy (non-hydrogen) atoms. The molecule has 0 amide bonds. The highest BCUT2D eigenvalue weighted by atomic mass is 16.5. The summed E-state index contributed by atoms with van der Waals surface area (Å²) in [4.78, 5) is 2.25. The summed E-state index contributed by atoms with van der Waals surface area (Å²) in [6.45, 7) is 3.76. The predicted octanol–water partition coefficient (Wildman–Crippen LogP) is 3.50. The quantitative estimate of drug-likeness (QED) is 0.792. The number of aryl methyl sites for hydroxylation is 1. The van der Waals surface area contributed by atoms with E-state index in [2.05, 4.69) is 24.0 Å². The van der Waals surface area contributed by atoms with Gasteiger partial charge in [0.15, 0.2) is 0 Å². The third kappa shape index (κ3) is 2.24. The van der Waals surface area contributed by atoms with Crippen molar-refractivity contribution in [2.24, 2.45) is 0 Å². The summed E-state index contributed by atoms with van der Waals surface area (Å²) < 4.78 is 5.79. The van der Waals surface area contributed by atoms with Crippen LogP contribution in [0.2, 0.25) is 0 Å². The molecule has 1 aliphatic heterocycles. The van der Waals surface area contributed by atoms with Crippen LogP contribution in [0.3, 0.4) is 0 Å². The summed E-state index contributed by atoms with van der Waals surface area (Å²) in [5, 5.41) is 0. The lowest BCUT2D eigenvalue weighted by molar-refractivity contribution is 0.322. The Hall–Kier alpha value is -2.16. The minimum absolute atomic E-state index is 0.749. The van der Waals surface area contributed by atoms with E-state index in [-0.39, 0.29) is 0 Å². The van der Waals surface area contributed by atoms with E-state index in [1.165, 1.54) is 5.56 Å². The first-order chi connectivity index (χ1) is 9.25. The fourth-order valence-electron chi connectivity index (χ4n) is 2.47. The SMILES string of the molecule is Cc1ccc(N)c(N2CCCOc3ccccc32)c1. The molecule has 0 radical (unpaired) electrons. The smallest absolute Gasteiger partial charge is 0.142 e. The van der Waals surface area contributed by atoms with E-state index in [1.54, 1.807) is 0 Å². The Balaban J connectivity index is 2.11. The summed E-state index contributed by atoms with van der Waals surface area (Å²) in [5.74, 6) is 0.931. The molecule has 0 aliphatic carbocycles. The van der Waals surface area contributed by atoms with E-state index < -0.39 is 0 Å². The molecule has 0 aromatic heterocycles. The van der Waals surface area contributed by atoms with Gasteiger partial charge in [-0.15, -0.1) is 0 Å². The number of nitrogen functional groups attached to an aromatic ring is 1. The molecule has 0 bridgehead atoms. The number of anilines is 3. The van der Waals surface area contributed by atoms with Crippen LogP contribution in [0.1, 0.15) is 12.0 Å². The number of para-hydroxylation sites is 2. The second-order valence-electron chi connectivity index (χ2n) is 4.88. The first-order valence-electron chi connectivity index (χ1n) is 6.61. The zero-order valence-corrected chi connectivity index (χ0v) is 11.1. The van der Waals surface area contributed by atoms with Crippen LogP contribution < -0.4 is 15.4 Å². The first kappa shape index (κ1) is 11.9.